The highest BCUT2D eigenvalue weighted by Gasteiger charge is 2.22. The van der Waals surface area contributed by atoms with Gasteiger partial charge in [-0.25, -0.2) is 9.67 Å². The summed E-state index contributed by atoms with van der Waals surface area (Å²) in [7, 11) is 0. The third-order valence-corrected chi connectivity index (χ3v) is 6.36. The number of fused-ring (bicyclic) bond motifs is 1. The lowest BCUT2D eigenvalue weighted by molar-refractivity contribution is 0.122. The van der Waals surface area contributed by atoms with Crippen LogP contribution in [0.3, 0.4) is 0 Å². The maximum atomic E-state index is 10.0. The number of aliphatic hydroxyl groups is 1. The Morgan fingerprint density at radius 1 is 1.12 bits per heavy atom. The van der Waals surface area contributed by atoms with Crippen LogP contribution in [0.4, 0.5) is 5.69 Å². The summed E-state index contributed by atoms with van der Waals surface area (Å²) >= 11 is 0. The van der Waals surface area contributed by atoms with Crippen LogP contribution in [-0.4, -0.2) is 58.9 Å². The lowest BCUT2D eigenvalue weighted by atomic mass is 10.1. The van der Waals surface area contributed by atoms with E-state index in [4.69, 9.17) is 19.2 Å². The third kappa shape index (κ3) is 4.00. The van der Waals surface area contributed by atoms with Gasteiger partial charge in [0.25, 0.3) is 0 Å². The van der Waals surface area contributed by atoms with Crippen LogP contribution < -0.4 is 10.2 Å². The molecule has 0 spiro atoms. The first-order valence-electron chi connectivity index (χ1n) is 11.7. The number of nitrogens with one attached hydrogen (secondary N) is 1. The zero-order chi connectivity index (χ0) is 23.1. The van der Waals surface area contributed by atoms with Gasteiger partial charge in [0.1, 0.15) is 17.5 Å². The molecule has 0 bridgehead atoms. The van der Waals surface area contributed by atoms with Gasteiger partial charge in [-0.05, 0) is 37.1 Å². The van der Waals surface area contributed by atoms with E-state index in [1.165, 1.54) is 5.56 Å². The molecule has 8 heteroatoms. The predicted molar refractivity (Wildman–Crippen MR) is 131 cm³/mol. The quantitative estimate of drug-likeness (QED) is 0.485. The molecule has 34 heavy (non-hydrogen) atoms. The van der Waals surface area contributed by atoms with Gasteiger partial charge in [0, 0.05) is 43.5 Å². The number of nitrogens with zero attached hydrogens (tertiary/aromatic N) is 4. The monoisotopic (exact) mass is 457 g/mol. The molecular formula is C26H27N5O3. The number of hydrogen-bond donors (Lipinski definition) is 2. The standard InChI is InChI=1S/C26H27N5O3/c1-17-3-2-4-18(13-17)20-6-8-31(29-20)24-16-22(30-9-11-33-12-10-30)26-21(28-24)15-23(34-26)19-5-7-27-25(32)14-19/h2-4,6,8,13-16,25,27,32H,5,7,9-12H2,1H3. The first kappa shape index (κ1) is 21.1. The zero-order valence-corrected chi connectivity index (χ0v) is 19.1. The van der Waals surface area contributed by atoms with E-state index >= 15 is 0 Å². The van der Waals surface area contributed by atoms with Crippen LogP contribution in [0, 0.1) is 6.92 Å². The molecule has 1 atom stereocenters. The summed E-state index contributed by atoms with van der Waals surface area (Å²) in [5, 5.41) is 17.8. The van der Waals surface area contributed by atoms with E-state index in [0.29, 0.717) is 19.8 Å². The Balaban J connectivity index is 1.45. The number of anilines is 1. The fourth-order valence-corrected chi connectivity index (χ4v) is 4.61. The van der Waals surface area contributed by atoms with Gasteiger partial charge >= 0.3 is 0 Å². The van der Waals surface area contributed by atoms with Crippen molar-refractivity contribution in [1.29, 1.82) is 0 Å². The highest BCUT2D eigenvalue weighted by Crippen LogP contribution is 2.35. The van der Waals surface area contributed by atoms with Crippen LogP contribution in [0.2, 0.25) is 0 Å². The number of aryl methyl sites for hydroxylation is 1. The highest BCUT2D eigenvalue weighted by atomic mass is 16.5. The number of furan rings is 1. The second kappa shape index (κ2) is 8.72. The Bertz CT molecular complexity index is 1370. The Morgan fingerprint density at radius 3 is 2.82 bits per heavy atom. The van der Waals surface area contributed by atoms with E-state index in [2.05, 4.69) is 35.3 Å². The molecule has 0 radical (unpaired) electrons. The second-order valence-corrected chi connectivity index (χ2v) is 8.78. The van der Waals surface area contributed by atoms with E-state index in [1.54, 1.807) is 6.08 Å². The molecule has 174 valence electrons. The summed E-state index contributed by atoms with van der Waals surface area (Å²) in [6.07, 6.45) is 3.87. The Labute approximate surface area is 197 Å². The van der Waals surface area contributed by atoms with Gasteiger partial charge in [-0.3, -0.25) is 5.32 Å². The number of rotatable bonds is 4. The van der Waals surface area contributed by atoms with Crippen LogP contribution in [0.15, 0.2) is 59.2 Å². The summed E-state index contributed by atoms with van der Waals surface area (Å²) in [5.74, 6) is 1.48. The Kier molecular flexibility index (Phi) is 5.41. The lowest BCUT2D eigenvalue weighted by Gasteiger charge is -2.29. The van der Waals surface area contributed by atoms with Crippen molar-refractivity contribution in [2.24, 2.45) is 0 Å². The molecule has 1 saturated heterocycles. The molecule has 1 unspecified atom stereocenters. The summed E-state index contributed by atoms with van der Waals surface area (Å²) in [6, 6.07) is 14.3. The second-order valence-electron chi connectivity index (χ2n) is 8.78. The number of aromatic nitrogens is 3. The van der Waals surface area contributed by atoms with E-state index < -0.39 is 6.23 Å². The number of benzene rings is 1. The van der Waals surface area contributed by atoms with Crippen molar-refractivity contribution in [2.75, 3.05) is 37.7 Å². The van der Waals surface area contributed by atoms with Gasteiger partial charge in [-0.1, -0.05) is 23.8 Å². The van der Waals surface area contributed by atoms with Crippen LogP contribution in [-0.2, 0) is 4.74 Å². The van der Waals surface area contributed by atoms with Crippen molar-refractivity contribution >= 4 is 22.4 Å². The van der Waals surface area contributed by atoms with Crippen molar-refractivity contribution in [3.05, 3.63) is 66.1 Å². The molecule has 0 amide bonds. The molecule has 8 nitrogen and oxygen atoms in total. The minimum absolute atomic E-state index is 0.664. The molecule has 2 aliphatic rings. The molecule has 6 rings (SSSR count). The molecule has 2 aliphatic heterocycles. The maximum Gasteiger partial charge on any atom is 0.176 e. The Hall–Kier alpha value is -3.46. The maximum absolute atomic E-state index is 10.0. The molecule has 0 saturated carbocycles. The number of pyridine rings is 1. The largest absolute Gasteiger partial charge is 0.453 e. The highest BCUT2D eigenvalue weighted by molar-refractivity contribution is 5.90. The first-order chi connectivity index (χ1) is 16.6. The van der Waals surface area contributed by atoms with Crippen LogP contribution in [0.25, 0.3) is 33.7 Å². The van der Waals surface area contributed by atoms with Gasteiger partial charge in [0.15, 0.2) is 11.4 Å². The molecule has 1 aromatic carbocycles. The summed E-state index contributed by atoms with van der Waals surface area (Å²) in [5.41, 5.74) is 6.67. The zero-order valence-electron chi connectivity index (χ0n) is 19.1. The molecule has 4 aromatic rings. The van der Waals surface area contributed by atoms with Crippen molar-refractivity contribution in [3.63, 3.8) is 0 Å². The third-order valence-electron chi connectivity index (χ3n) is 6.36. The van der Waals surface area contributed by atoms with Crippen LogP contribution in [0.5, 0.6) is 0 Å². The number of aliphatic hydroxyl groups excluding tert-OH is 1. The molecule has 0 aliphatic carbocycles. The number of hydrogen-bond acceptors (Lipinski definition) is 7. The Morgan fingerprint density at radius 2 is 2.00 bits per heavy atom. The van der Waals surface area contributed by atoms with E-state index in [1.807, 2.05) is 35.1 Å². The summed E-state index contributed by atoms with van der Waals surface area (Å²) in [6.45, 7) is 5.71. The minimum Gasteiger partial charge on any atom is -0.453 e. The van der Waals surface area contributed by atoms with E-state index in [9.17, 15) is 5.11 Å². The average molecular weight is 458 g/mol. The van der Waals surface area contributed by atoms with Gasteiger partial charge in [0.2, 0.25) is 0 Å². The van der Waals surface area contributed by atoms with Crippen LogP contribution >= 0.6 is 0 Å². The molecule has 1 fully saturated rings. The van der Waals surface area contributed by atoms with Gasteiger partial charge in [-0.15, -0.1) is 0 Å². The van der Waals surface area contributed by atoms with E-state index in [-0.39, 0.29) is 0 Å². The van der Waals surface area contributed by atoms with Crippen molar-refractivity contribution in [1.82, 2.24) is 20.1 Å². The van der Waals surface area contributed by atoms with Gasteiger partial charge in [0.05, 0.1) is 24.6 Å². The minimum atomic E-state index is -0.664. The normalized spacial score (nSPS) is 18.9. The van der Waals surface area contributed by atoms with E-state index in [0.717, 1.165) is 64.7 Å². The summed E-state index contributed by atoms with van der Waals surface area (Å²) < 4.78 is 13.7. The molecule has 3 aromatic heterocycles. The molecular weight excluding hydrogens is 430 g/mol. The van der Waals surface area contributed by atoms with Crippen molar-refractivity contribution in [3.8, 4) is 17.1 Å². The average Bonchev–Trinajstić information content (AvgIpc) is 3.52. The topological polar surface area (TPSA) is 88.6 Å². The molecule has 5 heterocycles. The van der Waals surface area contributed by atoms with Gasteiger partial charge in [-0.2, -0.15) is 5.10 Å². The van der Waals surface area contributed by atoms with Gasteiger partial charge < -0.3 is 19.2 Å². The fraction of sp³-hybridized carbons (Fsp3) is 0.308. The fourth-order valence-electron chi connectivity index (χ4n) is 4.61. The molecule has 2 N–H and O–H groups in total. The summed E-state index contributed by atoms with van der Waals surface area (Å²) in [4.78, 5) is 7.18. The van der Waals surface area contributed by atoms with Crippen molar-refractivity contribution < 1.29 is 14.3 Å². The smallest absolute Gasteiger partial charge is 0.176 e. The number of morpholine rings is 1. The predicted octanol–water partition coefficient (Wildman–Crippen LogP) is 3.52. The first-order valence-corrected chi connectivity index (χ1v) is 11.7. The van der Waals surface area contributed by atoms with Crippen LogP contribution in [0.1, 0.15) is 17.7 Å². The van der Waals surface area contributed by atoms with Crippen molar-refractivity contribution in [2.45, 2.75) is 19.6 Å². The number of ether oxygens (including phenoxy) is 1. The SMILES string of the molecule is Cc1cccc(-c2ccn(-c3cc(N4CCOCC4)c4oc(C5=CC(O)NCC5)cc4n3)n2)c1. The lowest BCUT2D eigenvalue weighted by Crippen LogP contribution is -2.36.